The van der Waals surface area contributed by atoms with Crippen LogP contribution in [0.25, 0.3) is 31.8 Å². The fourth-order valence-electron chi connectivity index (χ4n) is 3.55. The Kier molecular flexibility index (Phi) is 5.50. The highest BCUT2D eigenvalue weighted by Gasteiger charge is 2.17. The van der Waals surface area contributed by atoms with Gasteiger partial charge in [-0.1, -0.05) is 30.3 Å². The van der Waals surface area contributed by atoms with Crippen LogP contribution in [0, 0.1) is 0 Å². The largest absolute Gasteiger partial charge is 0.383 e. The number of methoxy groups -OCH3 is 1. The molecule has 8 heteroatoms. The molecule has 0 fully saturated rings. The van der Waals surface area contributed by atoms with Crippen molar-refractivity contribution in [3.8, 4) is 10.7 Å². The van der Waals surface area contributed by atoms with Crippen LogP contribution < -0.4 is 5.32 Å². The molecule has 1 amide bonds. The number of carbonyl (C=O) groups excluding carboxylic acids is 1. The quantitative estimate of drug-likeness (QED) is 0.382. The Morgan fingerprint density at radius 2 is 1.97 bits per heavy atom. The van der Waals surface area contributed by atoms with Gasteiger partial charge in [-0.25, -0.2) is 9.97 Å². The van der Waals surface area contributed by atoms with E-state index in [0.29, 0.717) is 18.8 Å². The van der Waals surface area contributed by atoms with Gasteiger partial charge >= 0.3 is 0 Å². The molecule has 3 aromatic heterocycles. The van der Waals surface area contributed by atoms with Gasteiger partial charge in [0.15, 0.2) is 0 Å². The Morgan fingerprint density at radius 3 is 2.84 bits per heavy atom. The molecule has 6 nitrogen and oxygen atoms in total. The summed E-state index contributed by atoms with van der Waals surface area (Å²) < 4.78 is 8.60. The van der Waals surface area contributed by atoms with Crippen molar-refractivity contribution in [1.29, 1.82) is 0 Å². The highest BCUT2D eigenvalue weighted by molar-refractivity contribution is 7.18. The number of hydrogen-bond acceptors (Lipinski definition) is 6. The summed E-state index contributed by atoms with van der Waals surface area (Å²) in [5.41, 5.74) is 3.50. The second-order valence-corrected chi connectivity index (χ2v) is 9.00. The van der Waals surface area contributed by atoms with E-state index in [1.807, 2.05) is 36.4 Å². The van der Waals surface area contributed by atoms with Crippen LogP contribution in [-0.2, 0) is 17.8 Å². The molecule has 0 unspecified atom stereocenters. The Balaban J connectivity index is 1.36. The molecule has 0 aliphatic heterocycles. The van der Waals surface area contributed by atoms with E-state index >= 15 is 0 Å². The number of nitrogens with zero attached hydrogens (tertiary/aromatic N) is 3. The number of carbonyl (C=O) groups is 1. The lowest BCUT2D eigenvalue weighted by Gasteiger charge is -2.08. The number of fused-ring (bicyclic) bond motifs is 2. The zero-order valence-electron chi connectivity index (χ0n) is 16.9. The second kappa shape index (κ2) is 8.58. The molecule has 0 saturated carbocycles. The zero-order valence-corrected chi connectivity index (χ0v) is 18.5. The fourth-order valence-corrected chi connectivity index (χ4v) is 5.28. The zero-order chi connectivity index (χ0) is 21.2. The molecule has 156 valence electrons. The van der Waals surface area contributed by atoms with Crippen LogP contribution in [0.4, 0.5) is 0 Å². The van der Waals surface area contributed by atoms with Crippen LogP contribution in [0.3, 0.4) is 0 Å². The summed E-state index contributed by atoms with van der Waals surface area (Å²) in [5.74, 6) is -0.193. The summed E-state index contributed by atoms with van der Waals surface area (Å²) in [7, 11) is 1.70. The minimum atomic E-state index is -0.193. The number of amides is 1. The Hall–Kier alpha value is -3.07. The molecule has 5 rings (SSSR count). The predicted molar refractivity (Wildman–Crippen MR) is 126 cm³/mol. The van der Waals surface area contributed by atoms with Gasteiger partial charge in [0.05, 0.1) is 29.1 Å². The third-order valence-corrected chi connectivity index (χ3v) is 6.93. The number of hydrogen-bond donors (Lipinski definition) is 1. The topological polar surface area (TPSA) is 69.0 Å². The van der Waals surface area contributed by atoms with Crippen molar-refractivity contribution in [1.82, 2.24) is 19.9 Å². The molecule has 5 aromatic rings. The van der Waals surface area contributed by atoms with Crippen LogP contribution >= 0.6 is 22.7 Å². The van der Waals surface area contributed by atoms with Crippen LogP contribution in [0.2, 0.25) is 0 Å². The van der Waals surface area contributed by atoms with E-state index in [1.54, 1.807) is 23.8 Å². The second-order valence-electron chi connectivity index (χ2n) is 7.03. The van der Waals surface area contributed by atoms with Gasteiger partial charge in [0.25, 0.3) is 5.91 Å². The number of benzene rings is 2. The number of nitrogens with one attached hydrogen (secondary N) is 1. The van der Waals surface area contributed by atoms with Crippen molar-refractivity contribution >= 4 is 49.7 Å². The first-order chi connectivity index (χ1) is 15.2. The first-order valence-corrected chi connectivity index (χ1v) is 11.6. The maximum Gasteiger partial charge on any atom is 0.271 e. The predicted octanol–water partition coefficient (Wildman–Crippen LogP) is 4.95. The molecule has 1 N–H and O–H groups in total. The molecule has 2 aromatic carbocycles. The smallest absolute Gasteiger partial charge is 0.271 e. The van der Waals surface area contributed by atoms with E-state index < -0.39 is 0 Å². The lowest BCUT2D eigenvalue weighted by atomic mass is 10.2. The number of thiazole rings is 2. The monoisotopic (exact) mass is 448 g/mol. The van der Waals surface area contributed by atoms with Crippen LogP contribution in [0.15, 0.2) is 60.0 Å². The van der Waals surface area contributed by atoms with Gasteiger partial charge in [0.2, 0.25) is 0 Å². The summed E-state index contributed by atoms with van der Waals surface area (Å²) in [4.78, 5) is 21.9. The Morgan fingerprint density at radius 1 is 1.13 bits per heavy atom. The average Bonchev–Trinajstić information content (AvgIpc) is 3.52. The molecular formula is C23H20N4O2S2. The van der Waals surface area contributed by atoms with Crippen molar-refractivity contribution in [3.05, 3.63) is 70.7 Å². The maximum atomic E-state index is 12.7. The van der Waals surface area contributed by atoms with E-state index in [9.17, 15) is 4.79 Å². The number of ether oxygens (including phenoxy) is 1. The average molecular weight is 449 g/mol. The Labute approximate surface area is 187 Å². The summed E-state index contributed by atoms with van der Waals surface area (Å²) in [6.45, 7) is 1.71. The maximum absolute atomic E-state index is 12.7. The Bertz CT molecular complexity index is 1340. The lowest BCUT2D eigenvalue weighted by Crippen LogP contribution is -2.23. The molecule has 31 heavy (non-hydrogen) atoms. The van der Waals surface area contributed by atoms with E-state index in [1.165, 1.54) is 11.3 Å². The number of aromatic nitrogens is 3. The number of para-hydroxylation sites is 2. The summed E-state index contributed by atoms with van der Waals surface area (Å²) in [6, 6.07) is 18.3. The summed E-state index contributed by atoms with van der Waals surface area (Å²) >= 11 is 3.06. The van der Waals surface area contributed by atoms with Gasteiger partial charge in [0, 0.05) is 29.9 Å². The molecular weight excluding hydrogens is 428 g/mol. The van der Waals surface area contributed by atoms with Crippen LogP contribution in [0.1, 0.15) is 15.5 Å². The van der Waals surface area contributed by atoms with Gasteiger partial charge < -0.3 is 14.6 Å². The van der Waals surface area contributed by atoms with Gasteiger partial charge in [-0.2, -0.15) is 0 Å². The lowest BCUT2D eigenvalue weighted by molar-refractivity contribution is 0.0946. The summed E-state index contributed by atoms with van der Waals surface area (Å²) in [5, 5.41) is 7.59. The highest BCUT2D eigenvalue weighted by atomic mass is 32.1. The SMILES string of the molecule is COCCn1c(-c2nc(C(=O)NCc3nc4ccccc4s3)cs2)cc2ccccc21. The third kappa shape index (κ3) is 3.97. The van der Waals surface area contributed by atoms with Crippen molar-refractivity contribution in [3.63, 3.8) is 0 Å². The van der Waals surface area contributed by atoms with Gasteiger partial charge in [0.1, 0.15) is 15.7 Å². The third-order valence-electron chi connectivity index (χ3n) is 5.02. The summed E-state index contributed by atoms with van der Waals surface area (Å²) in [6.07, 6.45) is 0. The molecule has 3 heterocycles. The van der Waals surface area contributed by atoms with Crippen molar-refractivity contribution in [2.75, 3.05) is 13.7 Å². The molecule has 0 saturated heterocycles. The normalized spacial score (nSPS) is 11.4. The number of rotatable bonds is 7. The van der Waals surface area contributed by atoms with Crippen molar-refractivity contribution in [2.45, 2.75) is 13.1 Å². The standard InChI is InChI=1S/C23H20N4O2S2/c1-29-11-10-27-18-8-4-2-6-15(18)12-19(27)23-26-17(14-30-23)22(28)24-13-21-25-16-7-3-5-9-20(16)31-21/h2-9,12,14H,10-11,13H2,1H3,(H,24,28). The highest BCUT2D eigenvalue weighted by Crippen LogP contribution is 2.30. The molecule has 0 bridgehead atoms. The molecule has 0 spiro atoms. The van der Waals surface area contributed by atoms with E-state index in [2.05, 4.69) is 38.1 Å². The fraction of sp³-hybridized carbons (Fsp3) is 0.174. The van der Waals surface area contributed by atoms with Gasteiger partial charge in [-0.3, -0.25) is 4.79 Å². The van der Waals surface area contributed by atoms with Gasteiger partial charge in [-0.15, -0.1) is 22.7 Å². The van der Waals surface area contributed by atoms with E-state index in [4.69, 9.17) is 4.74 Å². The first kappa shape index (κ1) is 19.9. The van der Waals surface area contributed by atoms with Crippen LogP contribution in [0.5, 0.6) is 0 Å². The van der Waals surface area contributed by atoms with E-state index in [0.717, 1.165) is 43.4 Å². The molecule has 0 aliphatic carbocycles. The minimum absolute atomic E-state index is 0.193. The van der Waals surface area contributed by atoms with Crippen molar-refractivity contribution < 1.29 is 9.53 Å². The molecule has 0 aliphatic rings. The van der Waals surface area contributed by atoms with E-state index in [-0.39, 0.29) is 5.91 Å². The molecule has 0 atom stereocenters. The first-order valence-electron chi connectivity index (χ1n) is 9.88. The van der Waals surface area contributed by atoms with Gasteiger partial charge in [-0.05, 0) is 24.3 Å². The minimum Gasteiger partial charge on any atom is -0.383 e. The molecule has 0 radical (unpaired) electrons. The van der Waals surface area contributed by atoms with Crippen molar-refractivity contribution in [2.24, 2.45) is 0 Å². The van der Waals surface area contributed by atoms with Crippen LogP contribution in [-0.4, -0.2) is 34.2 Å².